The Kier molecular flexibility index (Phi) is 3.04. The second-order valence-corrected chi connectivity index (χ2v) is 9.42. The highest BCUT2D eigenvalue weighted by Crippen LogP contribution is 2.67. The molecule has 3 aliphatic rings. The van der Waals surface area contributed by atoms with E-state index in [9.17, 15) is 15.0 Å². The molecule has 3 aliphatic carbocycles. The van der Waals surface area contributed by atoms with Crippen LogP contribution in [0, 0.1) is 22.7 Å². The van der Waals surface area contributed by atoms with Crippen LogP contribution < -0.4 is 0 Å². The molecule has 24 heavy (non-hydrogen) atoms. The number of carbonyl (C=O) groups is 1. The van der Waals surface area contributed by atoms with Gasteiger partial charge in [0.1, 0.15) is 17.3 Å². The maximum Gasteiger partial charge on any atom is 0.138 e. The third-order valence-electron chi connectivity index (χ3n) is 7.97. The Morgan fingerprint density at radius 3 is 2.46 bits per heavy atom. The van der Waals surface area contributed by atoms with Gasteiger partial charge in [-0.25, -0.2) is 0 Å². The smallest absolute Gasteiger partial charge is 0.138 e. The second-order valence-electron chi connectivity index (χ2n) is 9.42. The molecule has 0 spiro atoms. The number of benzene rings is 1. The van der Waals surface area contributed by atoms with Crippen molar-refractivity contribution in [1.82, 2.24) is 0 Å². The number of Topliss-reactive ketones (excluding diaryl/α,β-unsaturated/α-hetero) is 1. The normalized spacial score (nSPS) is 39.9. The molecule has 2 N–H and O–H groups in total. The standard InChI is InChI=1S/C21H28O3/c1-19(2)15-5-7-21(4)16(20(15,3)8-6-17(19)24)10-12-9-13(22)11-14(23)18(12)21/h9,11,15-16,22-23H,5-8,10H2,1-4H3. The van der Waals surface area contributed by atoms with Crippen molar-refractivity contribution < 1.29 is 15.0 Å². The summed E-state index contributed by atoms with van der Waals surface area (Å²) in [7, 11) is 0. The van der Waals surface area contributed by atoms with Crippen LogP contribution in [0.1, 0.15) is 64.5 Å². The highest BCUT2D eigenvalue weighted by Gasteiger charge is 2.63. The Morgan fingerprint density at radius 1 is 1.04 bits per heavy atom. The average Bonchev–Trinajstić information content (AvgIpc) is 2.77. The van der Waals surface area contributed by atoms with Crippen molar-refractivity contribution in [3.8, 4) is 11.5 Å². The Hall–Kier alpha value is -1.51. The van der Waals surface area contributed by atoms with Gasteiger partial charge in [-0.2, -0.15) is 0 Å². The molecule has 0 bridgehead atoms. The lowest BCUT2D eigenvalue weighted by Gasteiger charge is -2.60. The fraction of sp³-hybridized carbons (Fsp3) is 0.667. The summed E-state index contributed by atoms with van der Waals surface area (Å²) < 4.78 is 0. The first-order valence-corrected chi connectivity index (χ1v) is 9.19. The number of ketones is 1. The lowest BCUT2D eigenvalue weighted by Crippen LogP contribution is -2.57. The molecule has 1 aromatic carbocycles. The van der Waals surface area contributed by atoms with Gasteiger partial charge in [0, 0.05) is 28.9 Å². The minimum atomic E-state index is -0.257. The predicted molar refractivity (Wildman–Crippen MR) is 93.2 cm³/mol. The zero-order chi connectivity index (χ0) is 17.5. The van der Waals surface area contributed by atoms with Crippen molar-refractivity contribution >= 4 is 5.78 Å². The van der Waals surface area contributed by atoms with Crippen molar-refractivity contribution in [2.45, 2.75) is 65.2 Å². The molecular formula is C21H28O3. The molecule has 3 nitrogen and oxygen atoms in total. The van der Waals surface area contributed by atoms with Crippen LogP contribution in [0.3, 0.4) is 0 Å². The van der Waals surface area contributed by atoms with E-state index in [0.29, 0.717) is 24.0 Å². The van der Waals surface area contributed by atoms with Crippen LogP contribution in [0.4, 0.5) is 0 Å². The van der Waals surface area contributed by atoms with Gasteiger partial charge in [-0.15, -0.1) is 0 Å². The van der Waals surface area contributed by atoms with Gasteiger partial charge in [0.25, 0.3) is 0 Å². The number of carbonyl (C=O) groups excluding carboxylic acids is 1. The van der Waals surface area contributed by atoms with Gasteiger partial charge in [0.15, 0.2) is 0 Å². The van der Waals surface area contributed by atoms with Crippen molar-refractivity contribution in [3.05, 3.63) is 23.3 Å². The number of hydrogen-bond donors (Lipinski definition) is 2. The van der Waals surface area contributed by atoms with Crippen molar-refractivity contribution in [1.29, 1.82) is 0 Å². The summed E-state index contributed by atoms with van der Waals surface area (Å²) in [6.45, 7) is 8.92. The first kappa shape index (κ1) is 16.0. The van der Waals surface area contributed by atoms with E-state index >= 15 is 0 Å². The van der Waals surface area contributed by atoms with E-state index in [1.165, 1.54) is 6.07 Å². The van der Waals surface area contributed by atoms with E-state index in [4.69, 9.17) is 0 Å². The maximum atomic E-state index is 12.5. The number of phenolic OH excluding ortho intramolecular Hbond substituents is 2. The van der Waals surface area contributed by atoms with Crippen LogP contribution in [0.5, 0.6) is 11.5 Å². The minimum absolute atomic E-state index is 0.0607. The van der Waals surface area contributed by atoms with Crippen LogP contribution >= 0.6 is 0 Å². The second kappa shape index (κ2) is 4.56. The molecule has 2 saturated carbocycles. The van der Waals surface area contributed by atoms with Crippen molar-refractivity contribution in [2.24, 2.45) is 22.7 Å². The summed E-state index contributed by atoms with van der Waals surface area (Å²) in [6, 6.07) is 3.31. The first-order chi connectivity index (χ1) is 11.1. The van der Waals surface area contributed by atoms with E-state index in [0.717, 1.165) is 36.8 Å². The fourth-order valence-electron chi connectivity index (χ4n) is 6.82. The summed E-state index contributed by atoms with van der Waals surface area (Å²) in [6.07, 6.45) is 4.54. The van der Waals surface area contributed by atoms with Gasteiger partial charge in [-0.05, 0) is 54.6 Å². The van der Waals surface area contributed by atoms with Crippen LogP contribution in [0.15, 0.2) is 12.1 Å². The summed E-state index contributed by atoms with van der Waals surface area (Å²) >= 11 is 0. The van der Waals surface area contributed by atoms with Gasteiger partial charge < -0.3 is 10.2 Å². The van der Waals surface area contributed by atoms with Crippen LogP contribution in [-0.4, -0.2) is 16.0 Å². The average molecular weight is 328 g/mol. The Labute approximate surface area is 144 Å². The number of phenols is 2. The van der Waals surface area contributed by atoms with Crippen molar-refractivity contribution in [2.75, 3.05) is 0 Å². The van der Waals surface area contributed by atoms with E-state index < -0.39 is 0 Å². The van der Waals surface area contributed by atoms with Crippen LogP contribution in [-0.2, 0) is 16.6 Å². The molecule has 0 saturated heterocycles. The van der Waals surface area contributed by atoms with Gasteiger partial charge >= 0.3 is 0 Å². The molecule has 4 unspecified atom stereocenters. The Morgan fingerprint density at radius 2 is 1.75 bits per heavy atom. The van der Waals surface area contributed by atoms with E-state index in [2.05, 4.69) is 27.7 Å². The quantitative estimate of drug-likeness (QED) is 0.745. The molecule has 1 aromatic rings. The Bertz CT molecular complexity index is 735. The van der Waals surface area contributed by atoms with Crippen LogP contribution in [0.2, 0.25) is 0 Å². The molecule has 0 radical (unpaired) electrons. The Balaban J connectivity index is 1.84. The SMILES string of the molecule is CC1(C)C(=O)CCC2(C)C1CCC1(C)c3c(O)cc(O)cc3CC12. The number of hydrogen-bond acceptors (Lipinski definition) is 3. The first-order valence-electron chi connectivity index (χ1n) is 9.19. The lowest BCUT2D eigenvalue weighted by atomic mass is 9.43. The molecule has 2 fully saturated rings. The van der Waals surface area contributed by atoms with E-state index in [1.807, 2.05) is 6.07 Å². The summed E-state index contributed by atoms with van der Waals surface area (Å²) in [4.78, 5) is 12.5. The number of fused-ring (bicyclic) bond motifs is 5. The third-order valence-corrected chi connectivity index (χ3v) is 7.97. The molecule has 0 aliphatic heterocycles. The summed E-state index contributed by atoms with van der Waals surface area (Å²) in [5.41, 5.74) is 1.92. The molecule has 4 rings (SSSR count). The molecule has 0 amide bonds. The maximum absolute atomic E-state index is 12.5. The molecule has 3 heteroatoms. The lowest BCUT2D eigenvalue weighted by molar-refractivity contribution is -0.151. The van der Waals surface area contributed by atoms with Gasteiger partial charge in [0.2, 0.25) is 0 Å². The number of aromatic hydroxyl groups is 2. The molecule has 130 valence electrons. The molecular weight excluding hydrogens is 300 g/mol. The highest BCUT2D eigenvalue weighted by molar-refractivity contribution is 5.85. The molecule has 0 aromatic heterocycles. The molecule has 0 heterocycles. The van der Waals surface area contributed by atoms with Gasteiger partial charge in [-0.3, -0.25) is 4.79 Å². The topological polar surface area (TPSA) is 57.5 Å². The van der Waals surface area contributed by atoms with Crippen molar-refractivity contribution in [3.63, 3.8) is 0 Å². The van der Waals surface area contributed by atoms with Gasteiger partial charge in [0.05, 0.1) is 0 Å². The number of rotatable bonds is 0. The minimum Gasteiger partial charge on any atom is -0.508 e. The van der Waals surface area contributed by atoms with Gasteiger partial charge in [-0.1, -0.05) is 27.7 Å². The fourth-order valence-corrected chi connectivity index (χ4v) is 6.82. The largest absolute Gasteiger partial charge is 0.508 e. The van der Waals surface area contributed by atoms with E-state index in [-0.39, 0.29) is 27.7 Å². The highest BCUT2D eigenvalue weighted by atomic mass is 16.3. The third kappa shape index (κ3) is 1.76. The summed E-state index contributed by atoms with van der Waals surface area (Å²) in [5.74, 6) is 1.61. The van der Waals surface area contributed by atoms with E-state index in [1.54, 1.807) is 0 Å². The predicted octanol–water partition coefficient (Wildman–Crippen LogP) is 4.33. The monoisotopic (exact) mass is 328 g/mol. The zero-order valence-electron chi connectivity index (χ0n) is 15.1. The van der Waals surface area contributed by atoms with Crippen LogP contribution in [0.25, 0.3) is 0 Å². The summed E-state index contributed by atoms with van der Waals surface area (Å²) in [5, 5.41) is 20.4. The zero-order valence-corrected chi connectivity index (χ0v) is 15.1. The molecule has 4 atom stereocenters.